The number of carbonyl (C=O) groups is 2. The zero-order valence-electron chi connectivity index (χ0n) is 5.20. The van der Waals surface area contributed by atoms with E-state index in [0.717, 1.165) is 0 Å². The van der Waals surface area contributed by atoms with E-state index in [9.17, 15) is 9.59 Å². The zero-order chi connectivity index (χ0) is 7.28. The number of aldehydes is 1. The normalized spacial score (nSPS) is 12.2. The van der Waals surface area contributed by atoms with Gasteiger partial charge in [-0.25, -0.2) is 5.32 Å². The van der Waals surface area contributed by atoms with Gasteiger partial charge in [0.15, 0.2) is 0 Å². The second kappa shape index (κ2) is 4.03. The molecule has 0 aromatic rings. The molecule has 0 aromatic carbocycles. The quantitative estimate of drug-likeness (QED) is 0.479. The first-order valence-corrected chi connectivity index (χ1v) is 2.59. The molecule has 0 aliphatic carbocycles. The SMILES string of the molecule is C[C@@H](N)C(=O)[N]CC=O. The lowest BCUT2D eigenvalue weighted by atomic mass is 10.3. The highest BCUT2D eigenvalue weighted by atomic mass is 16.2. The van der Waals surface area contributed by atoms with E-state index < -0.39 is 11.9 Å². The van der Waals surface area contributed by atoms with Gasteiger partial charge in [0, 0.05) is 0 Å². The van der Waals surface area contributed by atoms with Crippen LogP contribution < -0.4 is 11.1 Å². The molecule has 0 rings (SSSR count). The summed E-state index contributed by atoms with van der Waals surface area (Å²) in [6.45, 7) is 1.44. The van der Waals surface area contributed by atoms with Crippen LogP contribution in [-0.4, -0.2) is 24.8 Å². The van der Waals surface area contributed by atoms with Crippen molar-refractivity contribution in [2.45, 2.75) is 13.0 Å². The molecule has 2 N–H and O–H groups in total. The molecule has 0 heterocycles. The summed E-state index contributed by atoms with van der Waals surface area (Å²) in [5.41, 5.74) is 5.12. The maximum Gasteiger partial charge on any atom is 0.258 e. The monoisotopic (exact) mass is 129 g/mol. The summed E-state index contributed by atoms with van der Waals surface area (Å²) < 4.78 is 0. The van der Waals surface area contributed by atoms with Crippen molar-refractivity contribution in [2.75, 3.05) is 6.54 Å². The maximum absolute atomic E-state index is 10.5. The van der Waals surface area contributed by atoms with E-state index in [1.807, 2.05) is 0 Å². The molecule has 0 aromatic heterocycles. The lowest BCUT2D eigenvalue weighted by Crippen LogP contribution is -2.34. The van der Waals surface area contributed by atoms with Crippen molar-refractivity contribution in [1.29, 1.82) is 0 Å². The average Bonchev–Trinajstić information content (AvgIpc) is 1.82. The highest BCUT2D eigenvalue weighted by Crippen LogP contribution is 1.73. The minimum absolute atomic E-state index is 0.0830. The lowest BCUT2D eigenvalue weighted by Gasteiger charge is -1.99. The third-order valence-corrected chi connectivity index (χ3v) is 0.711. The summed E-state index contributed by atoms with van der Waals surface area (Å²) in [6.07, 6.45) is 0.556. The van der Waals surface area contributed by atoms with E-state index in [2.05, 4.69) is 5.32 Å². The smallest absolute Gasteiger partial charge is 0.258 e. The summed E-state index contributed by atoms with van der Waals surface area (Å²) in [6, 6.07) is -0.593. The van der Waals surface area contributed by atoms with E-state index in [1.165, 1.54) is 6.92 Å². The molecule has 0 saturated carbocycles. The van der Waals surface area contributed by atoms with Crippen LogP contribution in [0.3, 0.4) is 0 Å². The van der Waals surface area contributed by atoms with Crippen LogP contribution in [0.2, 0.25) is 0 Å². The van der Waals surface area contributed by atoms with Gasteiger partial charge in [-0.1, -0.05) is 0 Å². The molecule has 1 radical (unpaired) electrons. The molecule has 0 saturated heterocycles. The zero-order valence-corrected chi connectivity index (χ0v) is 5.20. The van der Waals surface area contributed by atoms with Gasteiger partial charge < -0.3 is 10.5 Å². The predicted octanol–water partition coefficient (Wildman–Crippen LogP) is -1.34. The number of hydrogen-bond acceptors (Lipinski definition) is 3. The third kappa shape index (κ3) is 3.66. The predicted molar refractivity (Wildman–Crippen MR) is 31.7 cm³/mol. The summed E-state index contributed by atoms with van der Waals surface area (Å²) in [5.74, 6) is -0.429. The molecular weight excluding hydrogens is 120 g/mol. The van der Waals surface area contributed by atoms with Gasteiger partial charge in [0.2, 0.25) is 0 Å². The van der Waals surface area contributed by atoms with Gasteiger partial charge in [-0.2, -0.15) is 0 Å². The molecule has 0 unspecified atom stereocenters. The first kappa shape index (κ1) is 8.10. The standard InChI is InChI=1S/C5H9N2O2/c1-4(6)5(9)7-2-3-8/h3-4H,2,6H2,1H3/t4-/m1/s1. The molecule has 1 atom stereocenters. The Bertz CT molecular complexity index is 112. The second-order valence-electron chi connectivity index (χ2n) is 1.63. The Hall–Kier alpha value is -0.900. The van der Waals surface area contributed by atoms with Crippen LogP contribution in [0.4, 0.5) is 0 Å². The minimum Gasteiger partial charge on any atom is -0.320 e. The van der Waals surface area contributed by atoms with Crippen LogP contribution in [0.1, 0.15) is 6.92 Å². The van der Waals surface area contributed by atoms with Crippen LogP contribution in [0.15, 0.2) is 0 Å². The highest BCUT2D eigenvalue weighted by Gasteiger charge is 2.05. The molecule has 0 aliphatic rings. The van der Waals surface area contributed by atoms with Gasteiger partial charge in [-0.15, -0.1) is 0 Å². The van der Waals surface area contributed by atoms with Crippen molar-refractivity contribution in [3.8, 4) is 0 Å². The molecule has 0 bridgehead atoms. The number of carbonyl (C=O) groups excluding carboxylic acids is 2. The fraction of sp³-hybridized carbons (Fsp3) is 0.600. The molecule has 4 heteroatoms. The summed E-state index contributed by atoms with van der Waals surface area (Å²) in [7, 11) is 0. The first-order chi connectivity index (χ1) is 4.18. The van der Waals surface area contributed by atoms with Crippen molar-refractivity contribution in [1.82, 2.24) is 5.32 Å². The van der Waals surface area contributed by atoms with Crippen molar-refractivity contribution in [3.63, 3.8) is 0 Å². The molecule has 4 nitrogen and oxygen atoms in total. The van der Waals surface area contributed by atoms with E-state index in [1.54, 1.807) is 0 Å². The molecule has 0 aliphatic heterocycles. The van der Waals surface area contributed by atoms with Crippen LogP contribution in [-0.2, 0) is 9.59 Å². The Morgan fingerprint density at radius 1 is 1.89 bits per heavy atom. The fourth-order valence-electron chi connectivity index (χ4n) is 0.271. The van der Waals surface area contributed by atoms with Gasteiger partial charge in [-0.05, 0) is 6.92 Å². The lowest BCUT2D eigenvalue weighted by molar-refractivity contribution is -0.123. The van der Waals surface area contributed by atoms with Crippen LogP contribution in [0.5, 0.6) is 0 Å². The van der Waals surface area contributed by atoms with E-state index >= 15 is 0 Å². The summed E-state index contributed by atoms with van der Waals surface area (Å²) >= 11 is 0. The molecule has 0 spiro atoms. The van der Waals surface area contributed by atoms with Gasteiger partial charge in [0.05, 0.1) is 12.6 Å². The Morgan fingerprint density at radius 2 is 2.44 bits per heavy atom. The number of nitrogens with zero attached hydrogens (tertiary/aromatic N) is 1. The molecule has 51 valence electrons. The molecule has 9 heavy (non-hydrogen) atoms. The fourth-order valence-corrected chi connectivity index (χ4v) is 0.271. The summed E-state index contributed by atoms with van der Waals surface area (Å²) in [5, 5.41) is 3.31. The van der Waals surface area contributed by atoms with Crippen LogP contribution in [0, 0.1) is 0 Å². The largest absolute Gasteiger partial charge is 0.320 e. The highest BCUT2D eigenvalue weighted by molar-refractivity contribution is 5.82. The van der Waals surface area contributed by atoms with Crippen molar-refractivity contribution >= 4 is 12.2 Å². The Labute approximate surface area is 53.4 Å². The molecule has 1 amide bonds. The number of hydrogen-bond donors (Lipinski definition) is 1. The van der Waals surface area contributed by atoms with Gasteiger partial charge in [0.25, 0.3) is 5.91 Å². The number of nitrogens with two attached hydrogens (primary N) is 1. The Morgan fingerprint density at radius 3 is 2.78 bits per heavy atom. The first-order valence-electron chi connectivity index (χ1n) is 2.59. The molecular formula is C5H9N2O2. The molecule has 0 fully saturated rings. The van der Waals surface area contributed by atoms with Crippen molar-refractivity contribution in [2.24, 2.45) is 5.73 Å². The van der Waals surface area contributed by atoms with E-state index in [-0.39, 0.29) is 6.54 Å². The average molecular weight is 129 g/mol. The number of amides is 1. The third-order valence-electron chi connectivity index (χ3n) is 0.711. The second-order valence-corrected chi connectivity index (χ2v) is 1.63. The Balaban J connectivity index is 3.38. The van der Waals surface area contributed by atoms with Gasteiger partial charge in [-0.3, -0.25) is 4.79 Å². The van der Waals surface area contributed by atoms with Gasteiger partial charge in [0.1, 0.15) is 6.29 Å². The van der Waals surface area contributed by atoms with E-state index in [4.69, 9.17) is 5.73 Å². The maximum atomic E-state index is 10.5. The summed E-state index contributed by atoms with van der Waals surface area (Å²) in [4.78, 5) is 20.1. The van der Waals surface area contributed by atoms with Crippen molar-refractivity contribution < 1.29 is 9.59 Å². The minimum atomic E-state index is -0.593. The van der Waals surface area contributed by atoms with Gasteiger partial charge >= 0.3 is 0 Å². The van der Waals surface area contributed by atoms with E-state index in [0.29, 0.717) is 6.29 Å². The van der Waals surface area contributed by atoms with Crippen molar-refractivity contribution in [3.05, 3.63) is 0 Å². The van der Waals surface area contributed by atoms with Crippen LogP contribution >= 0.6 is 0 Å². The topological polar surface area (TPSA) is 74.3 Å². The van der Waals surface area contributed by atoms with Crippen LogP contribution in [0.25, 0.3) is 0 Å². The Kier molecular flexibility index (Phi) is 3.62. The number of rotatable bonds is 3.